The number of aromatic hydroxyl groups is 2. The van der Waals surface area contributed by atoms with Crippen molar-refractivity contribution in [3.05, 3.63) is 30.6 Å². The van der Waals surface area contributed by atoms with Crippen LogP contribution in [0.25, 0.3) is 21.0 Å². The van der Waals surface area contributed by atoms with Gasteiger partial charge < -0.3 is 10.2 Å². The van der Waals surface area contributed by atoms with Crippen LogP contribution in [0.1, 0.15) is 0 Å². The molecule has 0 unspecified atom stereocenters. The highest BCUT2D eigenvalue weighted by Gasteiger charge is 2.11. The van der Waals surface area contributed by atoms with Crippen molar-refractivity contribution in [3.63, 3.8) is 0 Å². The molecule has 0 saturated carbocycles. The van der Waals surface area contributed by atoms with E-state index >= 15 is 0 Å². The van der Waals surface area contributed by atoms with Crippen LogP contribution in [-0.2, 0) is 0 Å². The first kappa shape index (κ1) is 9.98. The third-order valence-electron chi connectivity index (χ3n) is 2.26. The lowest BCUT2D eigenvalue weighted by molar-refractivity contribution is 0.452. The topological polar surface area (TPSA) is 79.1 Å². The van der Waals surface area contributed by atoms with Crippen LogP contribution in [-0.4, -0.2) is 25.2 Å². The van der Waals surface area contributed by atoms with Gasteiger partial charge in [-0.2, -0.15) is 0 Å². The van der Waals surface area contributed by atoms with Crippen LogP contribution in [0, 0.1) is 0 Å². The molecule has 6 heteroatoms. The van der Waals surface area contributed by atoms with Crippen LogP contribution < -0.4 is 0 Å². The number of benzene rings is 1. The average molecular weight is 245 g/mol. The molecule has 0 amide bonds. The van der Waals surface area contributed by atoms with E-state index in [1.807, 2.05) is 0 Å². The summed E-state index contributed by atoms with van der Waals surface area (Å²) in [6.07, 6.45) is 3.17. The standard InChI is InChI=1S/C11H7N3O2S/c15-6-1-2-7(8(16)5-6)10-14-9-11(17-10)13-4-3-12-9/h1-5,15-16H. The van der Waals surface area contributed by atoms with Gasteiger partial charge in [-0.15, -0.1) is 0 Å². The maximum atomic E-state index is 9.74. The van der Waals surface area contributed by atoms with Gasteiger partial charge in [0.15, 0.2) is 10.5 Å². The normalized spacial score (nSPS) is 10.8. The molecule has 0 atom stereocenters. The summed E-state index contributed by atoms with van der Waals surface area (Å²) in [5, 5.41) is 19.6. The highest BCUT2D eigenvalue weighted by atomic mass is 32.1. The smallest absolute Gasteiger partial charge is 0.190 e. The quantitative estimate of drug-likeness (QED) is 0.686. The number of fused-ring (bicyclic) bond motifs is 1. The fourth-order valence-electron chi connectivity index (χ4n) is 1.49. The summed E-state index contributed by atoms with van der Waals surface area (Å²) < 4.78 is 0. The number of rotatable bonds is 1. The molecule has 17 heavy (non-hydrogen) atoms. The first-order valence-electron chi connectivity index (χ1n) is 4.84. The van der Waals surface area contributed by atoms with Crippen LogP contribution in [0.2, 0.25) is 0 Å². The Kier molecular flexibility index (Phi) is 2.15. The Morgan fingerprint density at radius 3 is 2.65 bits per heavy atom. The molecule has 0 bridgehead atoms. The van der Waals surface area contributed by atoms with Gasteiger partial charge in [0.25, 0.3) is 0 Å². The SMILES string of the molecule is Oc1ccc(-c2nc3nccnc3s2)c(O)c1. The number of phenolic OH excluding ortho intramolecular Hbond substituents is 2. The summed E-state index contributed by atoms with van der Waals surface area (Å²) in [4.78, 5) is 13.2. The van der Waals surface area contributed by atoms with Crippen LogP contribution in [0.4, 0.5) is 0 Å². The lowest BCUT2D eigenvalue weighted by atomic mass is 10.2. The van der Waals surface area contributed by atoms with Gasteiger partial charge in [-0.05, 0) is 12.1 Å². The predicted molar refractivity (Wildman–Crippen MR) is 64.0 cm³/mol. The lowest BCUT2D eigenvalue weighted by Gasteiger charge is -2.00. The van der Waals surface area contributed by atoms with E-state index in [4.69, 9.17) is 0 Å². The van der Waals surface area contributed by atoms with E-state index in [9.17, 15) is 10.2 Å². The lowest BCUT2D eigenvalue weighted by Crippen LogP contribution is -1.79. The molecular formula is C11H7N3O2S. The maximum Gasteiger partial charge on any atom is 0.190 e. The van der Waals surface area contributed by atoms with Gasteiger partial charge in [-0.1, -0.05) is 11.3 Å². The van der Waals surface area contributed by atoms with Crippen molar-refractivity contribution < 1.29 is 10.2 Å². The molecule has 5 nitrogen and oxygen atoms in total. The van der Waals surface area contributed by atoms with Gasteiger partial charge in [-0.3, -0.25) is 0 Å². The molecule has 2 heterocycles. The summed E-state index contributed by atoms with van der Waals surface area (Å²) in [6.45, 7) is 0. The van der Waals surface area contributed by atoms with E-state index in [0.717, 1.165) is 4.83 Å². The second-order valence-corrected chi connectivity index (χ2v) is 4.38. The van der Waals surface area contributed by atoms with E-state index in [-0.39, 0.29) is 11.5 Å². The number of nitrogens with zero attached hydrogens (tertiary/aromatic N) is 3. The Morgan fingerprint density at radius 2 is 1.88 bits per heavy atom. The molecule has 3 rings (SSSR count). The summed E-state index contributed by atoms with van der Waals surface area (Å²) in [6, 6.07) is 4.40. The third kappa shape index (κ3) is 1.68. The fourth-order valence-corrected chi connectivity index (χ4v) is 2.39. The first-order chi connectivity index (χ1) is 8.24. The molecule has 0 radical (unpaired) electrons. The van der Waals surface area contributed by atoms with Crippen LogP contribution in [0.5, 0.6) is 11.5 Å². The number of thiazole rings is 1. The van der Waals surface area contributed by atoms with Crippen molar-refractivity contribution >= 4 is 21.8 Å². The van der Waals surface area contributed by atoms with Crippen LogP contribution >= 0.6 is 11.3 Å². The second-order valence-electron chi connectivity index (χ2n) is 3.41. The molecule has 3 aromatic rings. The zero-order valence-electron chi connectivity index (χ0n) is 8.53. The Labute approximate surface area is 100 Å². The van der Waals surface area contributed by atoms with Crippen LogP contribution in [0.3, 0.4) is 0 Å². The molecule has 1 aromatic carbocycles. The van der Waals surface area contributed by atoms with Gasteiger partial charge in [0.2, 0.25) is 0 Å². The molecule has 0 spiro atoms. The summed E-state index contributed by atoms with van der Waals surface area (Å²) in [5.41, 5.74) is 1.12. The van der Waals surface area contributed by atoms with Gasteiger partial charge in [0.05, 0.1) is 5.56 Å². The van der Waals surface area contributed by atoms with Crippen molar-refractivity contribution in [3.8, 4) is 22.1 Å². The predicted octanol–water partition coefficient (Wildman–Crippen LogP) is 2.16. The fraction of sp³-hybridized carbons (Fsp3) is 0. The van der Waals surface area contributed by atoms with E-state index in [2.05, 4.69) is 15.0 Å². The zero-order valence-corrected chi connectivity index (χ0v) is 9.35. The highest BCUT2D eigenvalue weighted by molar-refractivity contribution is 7.21. The molecule has 0 aliphatic rings. The highest BCUT2D eigenvalue weighted by Crippen LogP contribution is 2.35. The van der Waals surface area contributed by atoms with Crippen molar-refractivity contribution in [2.75, 3.05) is 0 Å². The van der Waals surface area contributed by atoms with Gasteiger partial charge >= 0.3 is 0 Å². The van der Waals surface area contributed by atoms with Crippen LogP contribution in [0.15, 0.2) is 30.6 Å². The molecular weight excluding hydrogens is 238 g/mol. The maximum absolute atomic E-state index is 9.74. The summed E-state index contributed by atoms with van der Waals surface area (Å²) >= 11 is 1.34. The molecule has 0 aliphatic heterocycles. The van der Waals surface area contributed by atoms with E-state index in [0.29, 0.717) is 16.2 Å². The van der Waals surface area contributed by atoms with E-state index < -0.39 is 0 Å². The third-order valence-corrected chi connectivity index (χ3v) is 3.24. The summed E-state index contributed by atoms with van der Waals surface area (Å²) in [5.74, 6) is 0.00710. The minimum atomic E-state index is -0.0101. The molecule has 2 N–H and O–H groups in total. The van der Waals surface area contributed by atoms with Gasteiger partial charge in [0.1, 0.15) is 16.5 Å². The first-order valence-corrected chi connectivity index (χ1v) is 5.65. The minimum Gasteiger partial charge on any atom is -0.508 e. The zero-order chi connectivity index (χ0) is 11.8. The molecule has 0 saturated heterocycles. The Balaban J connectivity index is 2.20. The van der Waals surface area contributed by atoms with Crippen molar-refractivity contribution in [2.45, 2.75) is 0 Å². The number of hydrogen-bond acceptors (Lipinski definition) is 6. The minimum absolute atomic E-state index is 0.0101. The van der Waals surface area contributed by atoms with E-state index in [1.165, 1.54) is 23.5 Å². The monoisotopic (exact) mass is 245 g/mol. The van der Waals surface area contributed by atoms with Gasteiger partial charge in [0, 0.05) is 18.5 Å². The molecule has 0 aliphatic carbocycles. The molecule has 84 valence electrons. The summed E-state index contributed by atoms with van der Waals surface area (Å²) in [7, 11) is 0. The molecule has 2 aromatic heterocycles. The van der Waals surface area contributed by atoms with Crippen molar-refractivity contribution in [1.29, 1.82) is 0 Å². The largest absolute Gasteiger partial charge is 0.508 e. The number of hydrogen-bond donors (Lipinski definition) is 2. The van der Waals surface area contributed by atoms with Crippen molar-refractivity contribution in [2.24, 2.45) is 0 Å². The average Bonchev–Trinajstić information content (AvgIpc) is 2.72. The van der Waals surface area contributed by atoms with Gasteiger partial charge in [-0.25, -0.2) is 15.0 Å². The molecule has 0 fully saturated rings. The second kappa shape index (κ2) is 3.67. The number of aromatic nitrogens is 3. The Bertz CT molecular complexity index is 663. The van der Waals surface area contributed by atoms with E-state index in [1.54, 1.807) is 18.5 Å². The Morgan fingerprint density at radius 1 is 1.06 bits per heavy atom. The van der Waals surface area contributed by atoms with Crippen molar-refractivity contribution in [1.82, 2.24) is 15.0 Å². The number of phenols is 2. The Hall–Kier alpha value is -2.21.